The van der Waals surface area contributed by atoms with Crippen LogP contribution in [0, 0.1) is 0 Å². The van der Waals surface area contributed by atoms with E-state index in [4.69, 9.17) is 15.0 Å². The lowest BCUT2D eigenvalue weighted by Gasteiger charge is -2.12. The number of nitrogens with zero attached hydrogens (tertiary/aromatic N) is 6. The van der Waals surface area contributed by atoms with E-state index in [1.54, 1.807) is 0 Å². The first-order valence-electron chi connectivity index (χ1n) is 21.9. The van der Waals surface area contributed by atoms with E-state index in [2.05, 4.69) is 238 Å². The molecule has 0 radical (unpaired) electrons. The lowest BCUT2D eigenvalue weighted by Crippen LogP contribution is -2.06. The van der Waals surface area contributed by atoms with Crippen LogP contribution in [0.25, 0.3) is 117 Å². The van der Waals surface area contributed by atoms with Gasteiger partial charge in [-0.2, -0.15) is 9.97 Å². The molecule has 0 bridgehead atoms. The van der Waals surface area contributed by atoms with Gasteiger partial charge in [0, 0.05) is 33.3 Å². The van der Waals surface area contributed by atoms with Gasteiger partial charge < -0.3 is 9.13 Å². The second-order valence-electron chi connectivity index (χ2n) is 16.5. The maximum absolute atomic E-state index is 5.54. The zero-order valence-corrected chi connectivity index (χ0v) is 35.1. The third-order valence-corrected chi connectivity index (χ3v) is 12.7. The van der Waals surface area contributed by atoms with Crippen LogP contribution < -0.4 is 0 Å². The van der Waals surface area contributed by atoms with Crippen molar-refractivity contribution < 1.29 is 0 Å². The maximum atomic E-state index is 5.54. The van der Waals surface area contributed by atoms with Crippen molar-refractivity contribution in [1.82, 2.24) is 28.7 Å². The summed E-state index contributed by atoms with van der Waals surface area (Å²) in [5, 5.41) is 4.60. The molecule has 0 atom stereocenters. The number of aromatic nitrogens is 6. The van der Waals surface area contributed by atoms with Gasteiger partial charge >= 0.3 is 0 Å². The monoisotopic (exact) mass is 830 g/mol. The summed E-state index contributed by atoms with van der Waals surface area (Å²) in [7, 11) is 0. The summed E-state index contributed by atoms with van der Waals surface area (Å²) in [6.07, 6.45) is 0. The molecule has 0 saturated heterocycles. The molecule has 0 spiro atoms. The van der Waals surface area contributed by atoms with Crippen molar-refractivity contribution >= 4 is 54.6 Å². The summed E-state index contributed by atoms with van der Waals surface area (Å²) in [6, 6.07) is 81.4. The van der Waals surface area contributed by atoms with Gasteiger partial charge in [0.15, 0.2) is 11.6 Å². The predicted molar refractivity (Wildman–Crippen MR) is 267 cm³/mol. The number of para-hydroxylation sites is 4. The fourth-order valence-corrected chi connectivity index (χ4v) is 9.73. The van der Waals surface area contributed by atoms with Crippen molar-refractivity contribution in [2.75, 3.05) is 0 Å². The molecule has 0 amide bonds. The molecule has 65 heavy (non-hydrogen) atoms. The van der Waals surface area contributed by atoms with Crippen LogP contribution in [0.4, 0.5) is 0 Å². The molecule has 6 heteroatoms. The molecule has 0 aliphatic rings. The molecule has 9 aromatic carbocycles. The van der Waals surface area contributed by atoms with Gasteiger partial charge in [-0.15, -0.1) is 0 Å². The molecular weight excluding hydrogens is 793 g/mol. The van der Waals surface area contributed by atoms with E-state index in [9.17, 15) is 0 Å². The summed E-state index contributed by atoms with van der Waals surface area (Å²) < 4.78 is 7.11. The predicted octanol–water partition coefficient (Wildman–Crippen LogP) is 14.7. The second-order valence-corrected chi connectivity index (χ2v) is 16.5. The first-order valence-corrected chi connectivity index (χ1v) is 21.9. The van der Waals surface area contributed by atoms with Gasteiger partial charge in [-0.1, -0.05) is 176 Å². The van der Waals surface area contributed by atoms with Crippen molar-refractivity contribution in [3.63, 3.8) is 0 Å². The Balaban J connectivity index is 1.15. The van der Waals surface area contributed by atoms with Crippen molar-refractivity contribution in [3.8, 4) is 62.4 Å². The topological polar surface area (TPSA) is 53.5 Å². The lowest BCUT2D eigenvalue weighted by atomic mass is 9.99. The van der Waals surface area contributed by atoms with Crippen LogP contribution in [0.1, 0.15) is 0 Å². The Morgan fingerprint density at radius 3 is 1.26 bits per heavy atom. The first-order chi connectivity index (χ1) is 32.2. The smallest absolute Gasteiger partial charge is 0.238 e. The van der Waals surface area contributed by atoms with Crippen LogP contribution in [-0.4, -0.2) is 28.7 Å². The minimum absolute atomic E-state index is 0.540. The van der Waals surface area contributed by atoms with Gasteiger partial charge in [0.2, 0.25) is 5.95 Å². The van der Waals surface area contributed by atoms with Crippen LogP contribution in [0.5, 0.6) is 0 Å². The highest BCUT2D eigenvalue weighted by Crippen LogP contribution is 2.45. The van der Waals surface area contributed by atoms with Crippen LogP contribution in [0.15, 0.2) is 231 Å². The third kappa shape index (κ3) is 5.99. The molecule has 4 aromatic heterocycles. The van der Waals surface area contributed by atoms with Gasteiger partial charge in [-0.05, 0) is 87.6 Å². The van der Waals surface area contributed by atoms with E-state index in [-0.39, 0.29) is 0 Å². The van der Waals surface area contributed by atoms with Crippen molar-refractivity contribution in [1.29, 1.82) is 0 Å². The average Bonchev–Trinajstić information content (AvgIpc) is 4.02. The number of hydrogen-bond acceptors (Lipinski definition) is 3. The fourth-order valence-electron chi connectivity index (χ4n) is 9.73. The highest BCUT2D eigenvalue weighted by molar-refractivity contribution is 6.25. The number of rotatable bonds is 7. The van der Waals surface area contributed by atoms with Crippen LogP contribution in [-0.2, 0) is 0 Å². The Hall–Kier alpha value is -8.87. The third-order valence-electron chi connectivity index (χ3n) is 12.7. The quantitative estimate of drug-likeness (QED) is 0.161. The molecule has 0 aliphatic heterocycles. The van der Waals surface area contributed by atoms with Crippen molar-refractivity contribution in [2.24, 2.45) is 0 Å². The molecule has 0 fully saturated rings. The molecule has 4 heterocycles. The molecule has 0 N–H and O–H groups in total. The summed E-state index contributed by atoms with van der Waals surface area (Å²) in [6.45, 7) is 0. The molecule has 13 rings (SSSR count). The van der Waals surface area contributed by atoms with E-state index in [1.165, 1.54) is 10.8 Å². The Morgan fingerprint density at radius 2 is 0.692 bits per heavy atom. The Bertz CT molecular complexity index is 3810. The molecule has 0 unspecified atom stereocenters. The average molecular weight is 831 g/mol. The van der Waals surface area contributed by atoms with Crippen LogP contribution in [0.3, 0.4) is 0 Å². The van der Waals surface area contributed by atoms with E-state index >= 15 is 0 Å². The molecule has 6 nitrogen and oxygen atoms in total. The highest BCUT2D eigenvalue weighted by atomic mass is 15.2. The van der Waals surface area contributed by atoms with E-state index in [0.29, 0.717) is 17.6 Å². The van der Waals surface area contributed by atoms with Gasteiger partial charge in [-0.3, -0.25) is 4.57 Å². The number of hydrogen-bond donors (Lipinski definition) is 0. The number of benzene rings is 9. The number of fused-ring (bicyclic) bond motifs is 8. The van der Waals surface area contributed by atoms with E-state index < -0.39 is 0 Å². The minimum Gasteiger partial charge on any atom is -0.306 e. The molecular formula is C59H38N6. The van der Waals surface area contributed by atoms with Crippen LogP contribution in [0.2, 0.25) is 0 Å². The van der Waals surface area contributed by atoms with Crippen molar-refractivity contribution in [3.05, 3.63) is 231 Å². The van der Waals surface area contributed by atoms with E-state index in [1.807, 2.05) is 6.07 Å². The Kier molecular flexibility index (Phi) is 8.42. The normalized spacial score (nSPS) is 11.7. The maximum Gasteiger partial charge on any atom is 0.238 e. The SMILES string of the molecule is c1ccc(-c2cccc(-c3nc(-c4cccc(-c5ccc6ccccc6c5)c4)nc(-n4c5c6ccccc6n(-c6ccccc6)c5c5c4c4ccccc4n5-c4ccccc4)n3)c2)cc1. The molecule has 0 aliphatic carbocycles. The summed E-state index contributed by atoms with van der Waals surface area (Å²) >= 11 is 0. The zero-order chi connectivity index (χ0) is 42.8. The standard InChI is InChI=1S/C59H38N6/c1-4-18-39(19-5-1)42-22-16-24-45(37-42)57-60-58(46-25-17-23-43(38-46)44-35-34-40-20-10-11-21-41(40)36-44)62-59(61-57)65-53-49-30-12-14-32-51(49)63(47-26-6-2-7-27-47)55(53)56-54(65)50-31-13-15-33-52(50)64(56)48-28-8-3-9-29-48/h1-38H. The van der Waals surface area contributed by atoms with Gasteiger partial charge in [0.1, 0.15) is 0 Å². The fraction of sp³-hybridized carbons (Fsp3) is 0. The van der Waals surface area contributed by atoms with Crippen molar-refractivity contribution in [2.45, 2.75) is 0 Å². The second kappa shape index (κ2) is 14.9. The Labute approximate surface area is 374 Å². The summed E-state index contributed by atoms with van der Waals surface area (Å²) in [5.74, 6) is 1.72. The minimum atomic E-state index is 0.540. The van der Waals surface area contributed by atoms with Gasteiger partial charge in [-0.25, -0.2) is 4.98 Å². The Morgan fingerprint density at radius 1 is 0.262 bits per heavy atom. The highest BCUT2D eigenvalue weighted by Gasteiger charge is 2.29. The molecule has 304 valence electrons. The summed E-state index contributed by atoms with van der Waals surface area (Å²) in [5.41, 5.74) is 14.8. The summed E-state index contributed by atoms with van der Waals surface area (Å²) in [4.78, 5) is 16.4. The lowest BCUT2D eigenvalue weighted by molar-refractivity contribution is 0.957. The van der Waals surface area contributed by atoms with Gasteiger partial charge in [0.25, 0.3) is 0 Å². The molecule has 13 aromatic rings. The zero-order valence-electron chi connectivity index (χ0n) is 35.1. The largest absolute Gasteiger partial charge is 0.306 e. The van der Waals surface area contributed by atoms with Gasteiger partial charge in [0.05, 0.1) is 33.1 Å². The van der Waals surface area contributed by atoms with Crippen LogP contribution >= 0.6 is 0 Å². The molecule has 0 saturated carbocycles. The van der Waals surface area contributed by atoms with E-state index in [0.717, 1.165) is 88.6 Å². The first kappa shape index (κ1) is 36.8.